The quantitative estimate of drug-likeness (QED) is 0.910. The van der Waals surface area contributed by atoms with Crippen molar-refractivity contribution in [1.29, 1.82) is 5.26 Å². The van der Waals surface area contributed by atoms with Crippen LogP contribution in [0, 0.1) is 24.1 Å². The Morgan fingerprint density at radius 1 is 1.25 bits per heavy atom. The van der Waals surface area contributed by atoms with Gasteiger partial charge in [-0.25, -0.2) is 4.39 Å². The SMILES string of the molecule is COc1cc(Cl)c(C)cc1Nc1cc(F)cc(C#N)c1. The first-order valence-electron chi connectivity index (χ1n) is 5.85. The predicted molar refractivity (Wildman–Crippen MR) is 77.1 cm³/mol. The van der Waals surface area contributed by atoms with E-state index in [1.165, 1.54) is 19.2 Å². The number of aryl methyl sites for hydroxylation is 1. The molecule has 2 aromatic carbocycles. The largest absolute Gasteiger partial charge is 0.495 e. The minimum atomic E-state index is -0.476. The molecule has 0 bridgehead atoms. The van der Waals surface area contributed by atoms with E-state index in [2.05, 4.69) is 5.32 Å². The van der Waals surface area contributed by atoms with Gasteiger partial charge in [0, 0.05) is 16.8 Å². The summed E-state index contributed by atoms with van der Waals surface area (Å²) in [6.07, 6.45) is 0. The maximum Gasteiger partial charge on any atom is 0.143 e. The third-order valence-corrected chi connectivity index (χ3v) is 3.19. The van der Waals surface area contributed by atoms with E-state index in [-0.39, 0.29) is 5.56 Å². The van der Waals surface area contributed by atoms with Gasteiger partial charge in [-0.3, -0.25) is 0 Å². The van der Waals surface area contributed by atoms with E-state index < -0.39 is 5.82 Å². The van der Waals surface area contributed by atoms with Crippen LogP contribution < -0.4 is 10.1 Å². The zero-order valence-electron chi connectivity index (χ0n) is 11.0. The number of nitriles is 1. The van der Waals surface area contributed by atoms with Crippen molar-refractivity contribution >= 4 is 23.0 Å². The molecule has 0 unspecified atom stereocenters. The van der Waals surface area contributed by atoms with Gasteiger partial charge in [0.05, 0.1) is 24.4 Å². The lowest BCUT2D eigenvalue weighted by atomic mass is 10.1. The molecule has 20 heavy (non-hydrogen) atoms. The molecule has 0 atom stereocenters. The number of benzene rings is 2. The molecule has 0 aliphatic heterocycles. The van der Waals surface area contributed by atoms with Crippen LogP contribution >= 0.6 is 11.6 Å². The van der Waals surface area contributed by atoms with Crippen LogP contribution in [0.5, 0.6) is 5.75 Å². The molecule has 0 amide bonds. The Bertz CT molecular complexity index is 695. The van der Waals surface area contributed by atoms with E-state index in [9.17, 15) is 4.39 Å². The number of anilines is 2. The molecule has 0 aromatic heterocycles. The first-order chi connectivity index (χ1) is 9.53. The van der Waals surface area contributed by atoms with Crippen LogP contribution in [-0.4, -0.2) is 7.11 Å². The number of nitrogens with one attached hydrogen (secondary N) is 1. The van der Waals surface area contributed by atoms with Gasteiger partial charge in [-0.2, -0.15) is 5.26 Å². The van der Waals surface area contributed by atoms with Gasteiger partial charge in [-0.1, -0.05) is 11.6 Å². The molecular weight excluding hydrogens is 279 g/mol. The summed E-state index contributed by atoms with van der Waals surface area (Å²) < 4.78 is 18.6. The summed E-state index contributed by atoms with van der Waals surface area (Å²) in [6, 6.07) is 9.45. The number of halogens is 2. The van der Waals surface area contributed by atoms with Crippen LogP contribution in [0.15, 0.2) is 30.3 Å². The minimum absolute atomic E-state index is 0.247. The average Bonchev–Trinajstić information content (AvgIpc) is 2.42. The van der Waals surface area contributed by atoms with Gasteiger partial charge in [-0.15, -0.1) is 0 Å². The Hall–Kier alpha value is -2.25. The molecule has 1 N–H and O–H groups in total. The molecule has 2 aromatic rings. The molecule has 0 saturated carbocycles. The van der Waals surface area contributed by atoms with E-state index in [0.717, 1.165) is 5.56 Å². The molecule has 102 valence electrons. The fraction of sp³-hybridized carbons (Fsp3) is 0.133. The number of hydrogen-bond acceptors (Lipinski definition) is 3. The van der Waals surface area contributed by atoms with Gasteiger partial charge in [0.25, 0.3) is 0 Å². The van der Waals surface area contributed by atoms with Gasteiger partial charge < -0.3 is 10.1 Å². The van der Waals surface area contributed by atoms with Crippen molar-refractivity contribution in [3.05, 3.63) is 52.3 Å². The Kier molecular flexibility index (Phi) is 4.11. The second kappa shape index (κ2) is 5.81. The Labute approximate surface area is 121 Å². The molecule has 0 radical (unpaired) electrons. The molecule has 2 rings (SSSR count). The van der Waals surface area contributed by atoms with Gasteiger partial charge in [0.1, 0.15) is 11.6 Å². The lowest BCUT2D eigenvalue weighted by Crippen LogP contribution is -1.97. The van der Waals surface area contributed by atoms with Crippen molar-refractivity contribution in [1.82, 2.24) is 0 Å². The van der Waals surface area contributed by atoms with Gasteiger partial charge in [-0.05, 0) is 36.8 Å². The lowest BCUT2D eigenvalue weighted by molar-refractivity contribution is 0.417. The monoisotopic (exact) mass is 290 g/mol. The van der Waals surface area contributed by atoms with E-state index >= 15 is 0 Å². The Morgan fingerprint density at radius 3 is 2.65 bits per heavy atom. The van der Waals surface area contributed by atoms with Crippen LogP contribution in [0.25, 0.3) is 0 Å². The summed E-state index contributed by atoms with van der Waals surface area (Å²) in [5.41, 5.74) is 2.24. The second-order valence-electron chi connectivity index (χ2n) is 4.27. The smallest absolute Gasteiger partial charge is 0.143 e. The first kappa shape index (κ1) is 14.2. The highest BCUT2D eigenvalue weighted by Gasteiger charge is 2.08. The summed E-state index contributed by atoms with van der Waals surface area (Å²) in [5, 5.41) is 12.5. The average molecular weight is 291 g/mol. The minimum Gasteiger partial charge on any atom is -0.495 e. The highest BCUT2D eigenvalue weighted by atomic mass is 35.5. The van der Waals surface area contributed by atoms with Crippen LogP contribution in [0.1, 0.15) is 11.1 Å². The van der Waals surface area contributed by atoms with Crippen LogP contribution in [0.3, 0.4) is 0 Å². The van der Waals surface area contributed by atoms with Gasteiger partial charge in [0.15, 0.2) is 0 Å². The maximum absolute atomic E-state index is 13.4. The fourth-order valence-corrected chi connectivity index (χ4v) is 1.97. The molecule has 0 spiro atoms. The van der Waals surface area contributed by atoms with E-state index in [1.54, 1.807) is 18.2 Å². The third-order valence-electron chi connectivity index (χ3n) is 2.79. The molecule has 0 saturated heterocycles. The molecule has 0 aliphatic rings. The second-order valence-corrected chi connectivity index (χ2v) is 4.67. The topological polar surface area (TPSA) is 45.0 Å². The van der Waals surface area contributed by atoms with Gasteiger partial charge in [0.2, 0.25) is 0 Å². The van der Waals surface area contributed by atoms with Crippen molar-refractivity contribution in [3.8, 4) is 11.8 Å². The van der Waals surface area contributed by atoms with Gasteiger partial charge >= 0.3 is 0 Å². The van der Waals surface area contributed by atoms with E-state index in [1.807, 2.05) is 13.0 Å². The molecule has 5 heteroatoms. The van der Waals surface area contributed by atoms with Crippen LogP contribution in [-0.2, 0) is 0 Å². The maximum atomic E-state index is 13.4. The predicted octanol–water partition coefficient (Wildman–Crippen LogP) is 4.41. The van der Waals surface area contributed by atoms with Crippen LogP contribution in [0.4, 0.5) is 15.8 Å². The lowest BCUT2D eigenvalue weighted by Gasteiger charge is -2.13. The summed E-state index contributed by atoms with van der Waals surface area (Å²) >= 11 is 6.03. The molecule has 3 nitrogen and oxygen atoms in total. The summed E-state index contributed by atoms with van der Waals surface area (Å²) in [7, 11) is 1.53. The molecule has 0 fully saturated rings. The zero-order chi connectivity index (χ0) is 14.7. The third kappa shape index (κ3) is 3.01. The molecular formula is C15H12ClFN2O. The standard InChI is InChI=1S/C15H12ClFN2O/c1-9-3-14(15(20-2)7-13(9)16)19-12-5-10(8-18)4-11(17)6-12/h3-7,19H,1-2H3. The van der Waals surface area contributed by atoms with Crippen molar-refractivity contribution in [2.45, 2.75) is 6.92 Å². The number of nitrogens with zero attached hydrogens (tertiary/aromatic N) is 1. The van der Waals surface area contributed by atoms with Crippen molar-refractivity contribution < 1.29 is 9.13 Å². The number of ether oxygens (including phenoxy) is 1. The van der Waals surface area contributed by atoms with Crippen molar-refractivity contribution in [3.63, 3.8) is 0 Å². The van der Waals surface area contributed by atoms with E-state index in [0.29, 0.717) is 22.1 Å². The number of hydrogen-bond donors (Lipinski definition) is 1. The zero-order valence-corrected chi connectivity index (χ0v) is 11.8. The van der Waals surface area contributed by atoms with Crippen LogP contribution in [0.2, 0.25) is 5.02 Å². The highest BCUT2D eigenvalue weighted by molar-refractivity contribution is 6.31. The summed E-state index contributed by atoms with van der Waals surface area (Å²) in [6.45, 7) is 1.86. The number of methoxy groups -OCH3 is 1. The van der Waals surface area contributed by atoms with E-state index in [4.69, 9.17) is 21.6 Å². The normalized spacial score (nSPS) is 9.95. The first-order valence-corrected chi connectivity index (χ1v) is 6.23. The Morgan fingerprint density at radius 2 is 2.00 bits per heavy atom. The fourth-order valence-electron chi connectivity index (χ4n) is 1.81. The molecule has 0 heterocycles. The number of rotatable bonds is 3. The van der Waals surface area contributed by atoms with Crippen molar-refractivity contribution in [2.24, 2.45) is 0 Å². The summed E-state index contributed by atoms with van der Waals surface area (Å²) in [4.78, 5) is 0. The Balaban J connectivity index is 2.42. The van der Waals surface area contributed by atoms with Crippen molar-refractivity contribution in [2.75, 3.05) is 12.4 Å². The summed E-state index contributed by atoms with van der Waals surface area (Å²) in [5.74, 6) is 0.0690. The highest BCUT2D eigenvalue weighted by Crippen LogP contribution is 2.33. The molecule has 0 aliphatic carbocycles.